The highest BCUT2D eigenvalue weighted by Gasteiger charge is 2.16. The van der Waals surface area contributed by atoms with Crippen molar-refractivity contribution in [3.63, 3.8) is 0 Å². The number of carbonyl (C=O) groups is 1. The monoisotopic (exact) mass is 333 g/mol. The van der Waals surface area contributed by atoms with Gasteiger partial charge in [-0.3, -0.25) is 9.63 Å². The Labute approximate surface area is 138 Å². The van der Waals surface area contributed by atoms with E-state index in [4.69, 9.17) is 4.84 Å². The third-order valence-corrected chi connectivity index (χ3v) is 4.04. The van der Waals surface area contributed by atoms with E-state index < -0.39 is 11.1 Å². The van der Waals surface area contributed by atoms with Crippen LogP contribution in [-0.4, -0.2) is 21.8 Å². The van der Waals surface area contributed by atoms with E-state index in [1.54, 1.807) is 12.1 Å². The van der Waals surface area contributed by atoms with Crippen LogP contribution in [0, 0.1) is 0 Å². The van der Waals surface area contributed by atoms with Gasteiger partial charge in [0.1, 0.15) is 0 Å². The number of rotatable bonds is 8. The fourth-order valence-electron chi connectivity index (χ4n) is 2.11. The SMILES string of the molecule is CCCCON(C=O)c1cc(-c2ccccc2)ccc1S(=O)O. The van der Waals surface area contributed by atoms with Crippen LogP contribution in [0.25, 0.3) is 11.1 Å². The quantitative estimate of drug-likeness (QED) is 0.347. The summed E-state index contributed by atoms with van der Waals surface area (Å²) in [7, 11) is 0. The molecule has 0 aromatic heterocycles. The lowest BCUT2D eigenvalue weighted by Gasteiger charge is -2.19. The molecule has 0 aliphatic rings. The van der Waals surface area contributed by atoms with E-state index in [0.717, 1.165) is 29.0 Å². The first-order valence-corrected chi connectivity index (χ1v) is 8.45. The molecule has 0 saturated heterocycles. The lowest BCUT2D eigenvalue weighted by molar-refractivity contribution is -0.114. The summed E-state index contributed by atoms with van der Waals surface area (Å²) in [6.45, 7) is 2.38. The Morgan fingerprint density at radius 3 is 2.52 bits per heavy atom. The van der Waals surface area contributed by atoms with E-state index in [1.165, 1.54) is 6.07 Å². The second-order valence-corrected chi connectivity index (χ2v) is 5.85. The maximum absolute atomic E-state index is 11.5. The molecule has 2 rings (SSSR count). The number of carbonyl (C=O) groups excluding carboxylic acids is 1. The van der Waals surface area contributed by atoms with E-state index in [2.05, 4.69) is 0 Å². The van der Waals surface area contributed by atoms with Crippen molar-refractivity contribution in [3.05, 3.63) is 48.5 Å². The molecule has 0 aliphatic carbocycles. The summed E-state index contributed by atoms with van der Waals surface area (Å²) in [5, 5.41) is 1.02. The molecule has 0 saturated carbocycles. The summed E-state index contributed by atoms with van der Waals surface area (Å²) >= 11 is -2.22. The summed E-state index contributed by atoms with van der Waals surface area (Å²) in [6, 6.07) is 14.5. The van der Waals surface area contributed by atoms with Crippen LogP contribution in [0.4, 0.5) is 5.69 Å². The van der Waals surface area contributed by atoms with Gasteiger partial charge in [-0.2, -0.15) is 5.06 Å². The minimum absolute atomic E-state index is 0.133. The maximum atomic E-state index is 11.5. The summed E-state index contributed by atoms with van der Waals surface area (Å²) < 4.78 is 21.0. The second kappa shape index (κ2) is 8.57. The minimum Gasteiger partial charge on any atom is -0.302 e. The van der Waals surface area contributed by atoms with Crippen LogP contribution < -0.4 is 5.06 Å². The zero-order chi connectivity index (χ0) is 16.7. The third-order valence-electron chi connectivity index (χ3n) is 3.32. The third kappa shape index (κ3) is 4.48. The molecule has 6 heteroatoms. The molecule has 5 nitrogen and oxygen atoms in total. The number of anilines is 1. The predicted molar refractivity (Wildman–Crippen MR) is 90.3 cm³/mol. The topological polar surface area (TPSA) is 66.8 Å². The first-order valence-electron chi connectivity index (χ1n) is 7.35. The molecule has 0 heterocycles. The Kier molecular flexibility index (Phi) is 6.46. The molecule has 23 heavy (non-hydrogen) atoms. The van der Waals surface area contributed by atoms with Crippen LogP contribution in [-0.2, 0) is 20.7 Å². The van der Waals surface area contributed by atoms with Crippen LogP contribution in [0.15, 0.2) is 53.4 Å². The number of unbranched alkanes of at least 4 members (excludes halogenated alkanes) is 1. The highest BCUT2D eigenvalue weighted by atomic mass is 32.2. The summed E-state index contributed by atoms with van der Waals surface area (Å²) in [4.78, 5) is 16.9. The maximum Gasteiger partial charge on any atom is 0.238 e. The number of hydroxylamine groups is 1. The highest BCUT2D eigenvalue weighted by Crippen LogP contribution is 2.29. The van der Waals surface area contributed by atoms with Gasteiger partial charge in [0, 0.05) is 0 Å². The van der Waals surface area contributed by atoms with Crippen molar-refractivity contribution in [2.45, 2.75) is 24.7 Å². The van der Waals surface area contributed by atoms with Crippen LogP contribution in [0.5, 0.6) is 0 Å². The van der Waals surface area contributed by atoms with Crippen molar-refractivity contribution >= 4 is 23.2 Å². The number of hydrogen-bond donors (Lipinski definition) is 1. The number of nitrogens with zero attached hydrogens (tertiary/aromatic N) is 1. The Morgan fingerprint density at radius 2 is 1.91 bits per heavy atom. The fraction of sp³-hybridized carbons (Fsp3) is 0.235. The van der Waals surface area contributed by atoms with Gasteiger partial charge in [-0.15, -0.1) is 0 Å². The van der Waals surface area contributed by atoms with Crippen molar-refractivity contribution in [2.75, 3.05) is 11.7 Å². The Morgan fingerprint density at radius 1 is 1.17 bits per heavy atom. The van der Waals surface area contributed by atoms with Crippen molar-refractivity contribution in [1.82, 2.24) is 0 Å². The number of hydrogen-bond acceptors (Lipinski definition) is 3. The second-order valence-electron chi connectivity index (χ2n) is 4.92. The molecular formula is C17H19NO4S. The normalized spacial score (nSPS) is 11.9. The number of benzene rings is 2. The van der Waals surface area contributed by atoms with E-state index >= 15 is 0 Å². The zero-order valence-corrected chi connectivity index (χ0v) is 13.7. The van der Waals surface area contributed by atoms with Crippen molar-refractivity contribution < 1.29 is 18.4 Å². The number of amides is 1. The smallest absolute Gasteiger partial charge is 0.238 e. The van der Waals surface area contributed by atoms with Gasteiger partial charge in [0.25, 0.3) is 0 Å². The molecule has 1 amide bonds. The summed E-state index contributed by atoms with van der Waals surface area (Å²) in [5.74, 6) is 0. The van der Waals surface area contributed by atoms with Crippen LogP contribution in [0.3, 0.4) is 0 Å². The van der Waals surface area contributed by atoms with Gasteiger partial charge >= 0.3 is 0 Å². The molecule has 2 aromatic rings. The molecule has 0 aliphatic heterocycles. The Bertz CT molecular complexity index is 676. The molecule has 0 spiro atoms. The van der Waals surface area contributed by atoms with E-state index in [-0.39, 0.29) is 10.6 Å². The van der Waals surface area contributed by atoms with Gasteiger partial charge in [0.15, 0.2) is 11.1 Å². The zero-order valence-electron chi connectivity index (χ0n) is 12.8. The van der Waals surface area contributed by atoms with E-state index in [9.17, 15) is 13.6 Å². The minimum atomic E-state index is -2.22. The average Bonchev–Trinajstić information content (AvgIpc) is 2.59. The van der Waals surface area contributed by atoms with Gasteiger partial charge in [-0.05, 0) is 29.7 Å². The molecule has 0 bridgehead atoms. The first-order chi connectivity index (χ1) is 11.2. The van der Waals surface area contributed by atoms with E-state index in [1.807, 2.05) is 37.3 Å². The van der Waals surface area contributed by atoms with Gasteiger partial charge in [0.2, 0.25) is 6.41 Å². The van der Waals surface area contributed by atoms with Gasteiger partial charge in [-0.1, -0.05) is 49.7 Å². The van der Waals surface area contributed by atoms with E-state index in [0.29, 0.717) is 13.0 Å². The summed E-state index contributed by atoms with van der Waals surface area (Å²) in [6.07, 6.45) is 2.23. The van der Waals surface area contributed by atoms with Crippen molar-refractivity contribution in [3.8, 4) is 11.1 Å². The standard InChI is InChI=1S/C17H19NO4S/c1-2-3-11-22-18(13-19)16-12-15(9-10-17(16)23(20)21)14-7-5-4-6-8-14/h4-10,12-13H,2-3,11H2,1H3,(H,20,21). The fourth-order valence-corrected chi connectivity index (χ4v) is 2.62. The highest BCUT2D eigenvalue weighted by molar-refractivity contribution is 7.79. The Hall–Kier alpha value is -2.02. The van der Waals surface area contributed by atoms with Gasteiger partial charge in [0.05, 0.1) is 17.2 Å². The molecule has 1 atom stereocenters. The largest absolute Gasteiger partial charge is 0.302 e. The van der Waals surface area contributed by atoms with Gasteiger partial charge in [-0.25, -0.2) is 4.21 Å². The molecule has 0 radical (unpaired) electrons. The molecular weight excluding hydrogens is 314 g/mol. The summed E-state index contributed by atoms with van der Waals surface area (Å²) in [5.41, 5.74) is 2.06. The van der Waals surface area contributed by atoms with Crippen LogP contribution in [0.1, 0.15) is 19.8 Å². The molecule has 1 unspecified atom stereocenters. The molecule has 0 fully saturated rings. The average molecular weight is 333 g/mol. The first kappa shape index (κ1) is 17.3. The predicted octanol–water partition coefficient (Wildman–Crippen LogP) is 3.63. The molecule has 122 valence electrons. The Balaban J connectivity index is 2.41. The lowest BCUT2D eigenvalue weighted by atomic mass is 10.1. The van der Waals surface area contributed by atoms with Crippen molar-refractivity contribution in [2.24, 2.45) is 0 Å². The molecule has 1 N–H and O–H groups in total. The van der Waals surface area contributed by atoms with Crippen molar-refractivity contribution in [1.29, 1.82) is 0 Å². The van der Waals surface area contributed by atoms with Crippen LogP contribution in [0.2, 0.25) is 0 Å². The molecule has 2 aromatic carbocycles. The van der Waals surface area contributed by atoms with Crippen LogP contribution >= 0.6 is 0 Å². The van der Waals surface area contributed by atoms with Gasteiger partial charge < -0.3 is 4.55 Å². The lowest BCUT2D eigenvalue weighted by Crippen LogP contribution is -2.23.